The smallest absolute Gasteiger partial charge is 0.328 e. The minimum Gasteiger partial charge on any atom is -0.478 e. The molecule has 2 aromatic rings. The van der Waals surface area contributed by atoms with E-state index in [4.69, 9.17) is 5.11 Å². The number of carboxylic acid groups (broad SMARTS) is 1. The molecule has 0 atom stereocenters. The van der Waals surface area contributed by atoms with Crippen LogP contribution in [0.4, 0.5) is 5.82 Å². The first-order valence-corrected chi connectivity index (χ1v) is 6.24. The highest BCUT2D eigenvalue weighted by Crippen LogP contribution is 2.20. The van der Waals surface area contributed by atoms with Gasteiger partial charge in [-0.3, -0.25) is 9.48 Å². The number of hydrogen-bond acceptors (Lipinski definition) is 4. The van der Waals surface area contributed by atoms with Gasteiger partial charge in [-0.05, 0) is 23.1 Å². The van der Waals surface area contributed by atoms with Gasteiger partial charge in [-0.25, -0.2) is 4.79 Å². The fourth-order valence-corrected chi connectivity index (χ4v) is 2.25. The second-order valence-corrected chi connectivity index (χ2v) is 4.59. The molecular formula is C12H11N3O3S. The molecule has 0 saturated carbocycles. The Morgan fingerprint density at radius 1 is 1.47 bits per heavy atom. The Morgan fingerprint density at radius 3 is 2.89 bits per heavy atom. The summed E-state index contributed by atoms with van der Waals surface area (Å²) in [4.78, 5) is 23.0. The van der Waals surface area contributed by atoms with E-state index in [1.807, 2.05) is 0 Å². The molecular weight excluding hydrogens is 266 g/mol. The van der Waals surface area contributed by atoms with Crippen LogP contribution in [0.2, 0.25) is 0 Å². The molecule has 0 radical (unpaired) electrons. The third kappa shape index (κ3) is 3.08. The number of thiophene rings is 1. The predicted octanol–water partition coefficient (Wildman–Crippen LogP) is 1.83. The summed E-state index contributed by atoms with van der Waals surface area (Å²) < 4.78 is 1.54. The van der Waals surface area contributed by atoms with Crippen LogP contribution in [0.25, 0.3) is 6.08 Å². The fraction of sp³-hybridized carbons (Fsp3) is 0.0833. The SMILES string of the molecule is Cn1nccc1NC(=O)c1sccc1C=CC(=O)O. The third-order valence-corrected chi connectivity index (χ3v) is 3.30. The number of rotatable bonds is 4. The van der Waals surface area contributed by atoms with Gasteiger partial charge in [0, 0.05) is 19.2 Å². The van der Waals surface area contributed by atoms with Crippen molar-refractivity contribution in [1.82, 2.24) is 9.78 Å². The molecule has 0 spiro atoms. The Labute approximate surface area is 113 Å². The number of carbonyl (C=O) groups is 2. The molecule has 0 bridgehead atoms. The quantitative estimate of drug-likeness (QED) is 0.835. The normalized spacial score (nSPS) is 10.8. The number of aromatic nitrogens is 2. The van der Waals surface area contributed by atoms with Gasteiger partial charge < -0.3 is 10.4 Å². The summed E-state index contributed by atoms with van der Waals surface area (Å²) in [6.45, 7) is 0. The summed E-state index contributed by atoms with van der Waals surface area (Å²) in [5, 5.41) is 17.0. The van der Waals surface area contributed by atoms with Gasteiger partial charge in [0.25, 0.3) is 5.91 Å². The number of aryl methyl sites for hydroxylation is 1. The number of nitrogens with one attached hydrogen (secondary N) is 1. The Balaban J connectivity index is 2.18. The molecule has 0 fully saturated rings. The van der Waals surface area contributed by atoms with Gasteiger partial charge in [-0.2, -0.15) is 5.10 Å². The van der Waals surface area contributed by atoms with Gasteiger partial charge in [0.2, 0.25) is 0 Å². The first-order chi connectivity index (χ1) is 9.08. The largest absolute Gasteiger partial charge is 0.478 e. The van der Waals surface area contributed by atoms with E-state index in [0.29, 0.717) is 16.3 Å². The van der Waals surface area contributed by atoms with Crippen molar-refractivity contribution in [2.45, 2.75) is 0 Å². The van der Waals surface area contributed by atoms with Gasteiger partial charge in [0.1, 0.15) is 5.82 Å². The topological polar surface area (TPSA) is 84.2 Å². The van der Waals surface area contributed by atoms with Crippen LogP contribution in [-0.4, -0.2) is 26.8 Å². The number of hydrogen-bond donors (Lipinski definition) is 2. The van der Waals surface area contributed by atoms with Crippen LogP contribution in [-0.2, 0) is 11.8 Å². The van der Waals surface area contributed by atoms with Crippen molar-refractivity contribution in [2.75, 3.05) is 5.32 Å². The van der Waals surface area contributed by atoms with Crippen LogP contribution in [0.1, 0.15) is 15.2 Å². The highest BCUT2D eigenvalue weighted by atomic mass is 32.1. The second kappa shape index (κ2) is 5.49. The number of nitrogens with zero attached hydrogens (tertiary/aromatic N) is 2. The molecule has 0 aliphatic heterocycles. The van der Waals surface area contributed by atoms with Crippen molar-refractivity contribution < 1.29 is 14.7 Å². The van der Waals surface area contributed by atoms with Gasteiger partial charge in [-0.15, -0.1) is 11.3 Å². The molecule has 0 saturated heterocycles. The summed E-state index contributed by atoms with van der Waals surface area (Å²) in [6.07, 6.45) is 3.98. The number of amides is 1. The average Bonchev–Trinajstić information content (AvgIpc) is 2.96. The van der Waals surface area contributed by atoms with E-state index in [1.54, 1.807) is 30.8 Å². The molecule has 0 aromatic carbocycles. The molecule has 6 nitrogen and oxygen atoms in total. The minimum atomic E-state index is -1.05. The predicted molar refractivity (Wildman–Crippen MR) is 72.2 cm³/mol. The lowest BCUT2D eigenvalue weighted by Gasteiger charge is -2.04. The third-order valence-electron chi connectivity index (χ3n) is 2.37. The van der Waals surface area contributed by atoms with Crippen LogP contribution in [0.15, 0.2) is 29.8 Å². The Bertz CT molecular complexity index is 642. The molecule has 19 heavy (non-hydrogen) atoms. The average molecular weight is 277 g/mol. The van der Waals surface area contributed by atoms with E-state index in [9.17, 15) is 9.59 Å². The second-order valence-electron chi connectivity index (χ2n) is 3.67. The lowest BCUT2D eigenvalue weighted by molar-refractivity contribution is -0.131. The van der Waals surface area contributed by atoms with Crippen molar-refractivity contribution in [1.29, 1.82) is 0 Å². The number of carboxylic acids is 1. The minimum absolute atomic E-state index is 0.288. The van der Waals surface area contributed by atoms with Crippen LogP contribution in [0, 0.1) is 0 Å². The highest BCUT2D eigenvalue weighted by Gasteiger charge is 2.13. The Morgan fingerprint density at radius 2 is 2.26 bits per heavy atom. The molecule has 0 aliphatic carbocycles. The monoisotopic (exact) mass is 277 g/mol. The van der Waals surface area contributed by atoms with E-state index in [2.05, 4.69) is 10.4 Å². The molecule has 2 aromatic heterocycles. The maximum absolute atomic E-state index is 12.1. The van der Waals surface area contributed by atoms with E-state index >= 15 is 0 Å². The zero-order valence-electron chi connectivity index (χ0n) is 10.0. The fourth-order valence-electron chi connectivity index (χ4n) is 1.47. The van der Waals surface area contributed by atoms with Crippen molar-refractivity contribution in [3.8, 4) is 0 Å². The van der Waals surface area contributed by atoms with Gasteiger partial charge >= 0.3 is 5.97 Å². The number of carbonyl (C=O) groups excluding carboxylic acids is 1. The van der Waals surface area contributed by atoms with Crippen molar-refractivity contribution in [3.05, 3.63) is 40.2 Å². The maximum atomic E-state index is 12.1. The molecule has 7 heteroatoms. The summed E-state index contributed by atoms with van der Waals surface area (Å²) in [5.74, 6) is -0.764. The zero-order chi connectivity index (χ0) is 13.8. The molecule has 0 unspecified atom stereocenters. The van der Waals surface area contributed by atoms with Crippen molar-refractivity contribution >= 4 is 35.1 Å². The van der Waals surface area contributed by atoms with Gasteiger partial charge in [-0.1, -0.05) is 0 Å². The first kappa shape index (κ1) is 13.0. The van der Waals surface area contributed by atoms with Crippen LogP contribution in [0.5, 0.6) is 0 Å². The molecule has 2 rings (SSSR count). The molecule has 2 N–H and O–H groups in total. The number of aliphatic carboxylic acids is 1. The summed E-state index contributed by atoms with van der Waals surface area (Å²) in [5.41, 5.74) is 0.576. The lowest BCUT2D eigenvalue weighted by Crippen LogP contribution is -2.14. The van der Waals surface area contributed by atoms with Crippen LogP contribution >= 0.6 is 11.3 Å². The van der Waals surface area contributed by atoms with E-state index < -0.39 is 5.97 Å². The van der Waals surface area contributed by atoms with Gasteiger partial charge in [0.15, 0.2) is 0 Å². The van der Waals surface area contributed by atoms with Crippen LogP contribution < -0.4 is 5.32 Å². The standard InChI is InChI=1S/C12H11N3O3S/c1-15-9(4-6-13-15)14-12(18)11-8(5-7-19-11)2-3-10(16)17/h2-7H,1H3,(H,14,18)(H,16,17). The van der Waals surface area contributed by atoms with E-state index in [1.165, 1.54) is 22.1 Å². The number of anilines is 1. The van der Waals surface area contributed by atoms with E-state index in [-0.39, 0.29) is 5.91 Å². The van der Waals surface area contributed by atoms with E-state index in [0.717, 1.165) is 6.08 Å². The zero-order valence-corrected chi connectivity index (χ0v) is 10.8. The van der Waals surface area contributed by atoms with Crippen LogP contribution in [0.3, 0.4) is 0 Å². The molecule has 1 amide bonds. The first-order valence-electron chi connectivity index (χ1n) is 5.36. The van der Waals surface area contributed by atoms with Crippen molar-refractivity contribution in [2.24, 2.45) is 7.05 Å². The highest BCUT2D eigenvalue weighted by molar-refractivity contribution is 7.12. The van der Waals surface area contributed by atoms with Gasteiger partial charge in [0.05, 0.1) is 11.1 Å². The Hall–Kier alpha value is -2.41. The molecule has 98 valence electrons. The van der Waals surface area contributed by atoms with Crippen molar-refractivity contribution in [3.63, 3.8) is 0 Å². The lowest BCUT2D eigenvalue weighted by atomic mass is 10.2. The maximum Gasteiger partial charge on any atom is 0.328 e. The summed E-state index contributed by atoms with van der Waals surface area (Å²) in [6, 6.07) is 3.38. The summed E-state index contributed by atoms with van der Waals surface area (Å²) >= 11 is 1.25. The molecule has 2 heterocycles. The summed E-state index contributed by atoms with van der Waals surface area (Å²) in [7, 11) is 1.72. The Kier molecular flexibility index (Phi) is 3.76. The molecule has 0 aliphatic rings.